The summed E-state index contributed by atoms with van der Waals surface area (Å²) in [5.74, 6) is -1.08. The minimum atomic E-state index is -4.74. The first-order valence-corrected chi connectivity index (χ1v) is 12.8. The summed E-state index contributed by atoms with van der Waals surface area (Å²) in [6.07, 6.45) is -2.73. The Kier molecular flexibility index (Phi) is 8.53. The molecular weight excluding hydrogens is 511 g/mol. The molecule has 14 heteroatoms. The summed E-state index contributed by atoms with van der Waals surface area (Å²) in [6, 6.07) is 9.29. The maximum absolute atomic E-state index is 13.6. The number of nitrogens with one attached hydrogen (secondary N) is 4. The number of hydrogen-bond donors (Lipinski definition) is 4. The Morgan fingerprint density at radius 1 is 1.05 bits per heavy atom. The molecule has 4 N–H and O–H groups in total. The summed E-state index contributed by atoms with van der Waals surface area (Å²) in [5.41, 5.74) is 0.0885. The molecule has 1 amide bonds. The number of benzene rings is 1. The number of halogens is 3. The van der Waals surface area contributed by atoms with E-state index in [9.17, 15) is 26.4 Å². The molecule has 0 bridgehead atoms. The van der Waals surface area contributed by atoms with Crippen LogP contribution in [-0.4, -0.2) is 41.1 Å². The van der Waals surface area contributed by atoms with Crippen molar-refractivity contribution in [3.63, 3.8) is 0 Å². The van der Waals surface area contributed by atoms with Gasteiger partial charge in [-0.3, -0.25) is 9.52 Å². The van der Waals surface area contributed by atoms with Crippen LogP contribution in [0.2, 0.25) is 0 Å². The molecule has 198 valence electrons. The van der Waals surface area contributed by atoms with Gasteiger partial charge in [0.2, 0.25) is 16.0 Å². The van der Waals surface area contributed by atoms with Crippen molar-refractivity contribution in [2.75, 3.05) is 21.1 Å². The molecule has 37 heavy (non-hydrogen) atoms. The average molecular weight is 538 g/mol. The van der Waals surface area contributed by atoms with Crippen molar-refractivity contribution in [2.45, 2.75) is 39.5 Å². The van der Waals surface area contributed by atoms with Crippen LogP contribution >= 0.6 is 0 Å². The Morgan fingerprint density at radius 2 is 1.76 bits per heavy atom. The first-order valence-electron chi connectivity index (χ1n) is 11.2. The number of anilines is 4. The Hall–Kier alpha value is -3.94. The fourth-order valence-electron chi connectivity index (χ4n) is 3.04. The summed E-state index contributed by atoms with van der Waals surface area (Å²) in [7, 11) is -3.65. The van der Waals surface area contributed by atoms with Crippen LogP contribution in [0.15, 0.2) is 48.8 Å². The lowest BCUT2D eigenvalue weighted by atomic mass is 10.2. The number of carbonyl (C=O) groups is 1. The number of pyridine rings is 1. The third-order valence-electron chi connectivity index (χ3n) is 4.89. The van der Waals surface area contributed by atoms with Gasteiger partial charge in [-0.2, -0.15) is 18.2 Å². The van der Waals surface area contributed by atoms with Crippen LogP contribution in [0.4, 0.5) is 36.4 Å². The van der Waals surface area contributed by atoms with Gasteiger partial charge in [0.05, 0.1) is 5.75 Å². The van der Waals surface area contributed by atoms with E-state index in [0.29, 0.717) is 23.0 Å². The van der Waals surface area contributed by atoms with Crippen LogP contribution in [0.1, 0.15) is 42.3 Å². The molecule has 0 atom stereocenters. The highest BCUT2D eigenvalue weighted by Crippen LogP contribution is 2.34. The third kappa shape index (κ3) is 7.77. The topological polar surface area (TPSA) is 138 Å². The van der Waals surface area contributed by atoms with Gasteiger partial charge in [-0.05, 0) is 51.1 Å². The molecule has 1 aromatic carbocycles. The summed E-state index contributed by atoms with van der Waals surface area (Å²) >= 11 is 0. The largest absolute Gasteiger partial charge is 0.421 e. The molecule has 3 rings (SSSR count). The van der Waals surface area contributed by atoms with Crippen molar-refractivity contribution in [1.29, 1.82) is 0 Å². The molecule has 0 spiro atoms. The fourth-order valence-corrected chi connectivity index (χ4v) is 3.66. The van der Waals surface area contributed by atoms with E-state index in [1.807, 2.05) is 13.8 Å². The SMILES string of the molecule is CCS(=O)(=O)Nc1ncccc1CNc1nc(Nc2ccc(C(=O)NC(C)C)cc2)ncc1C(F)(F)F. The Bertz CT molecular complexity index is 1350. The van der Waals surface area contributed by atoms with Gasteiger partial charge in [-0.1, -0.05) is 6.07 Å². The molecule has 2 aromatic heterocycles. The zero-order valence-corrected chi connectivity index (χ0v) is 21.0. The Balaban J connectivity index is 1.82. The molecule has 3 aromatic rings. The van der Waals surface area contributed by atoms with Crippen molar-refractivity contribution < 1.29 is 26.4 Å². The quantitative estimate of drug-likeness (QED) is 0.303. The van der Waals surface area contributed by atoms with Crippen molar-refractivity contribution in [2.24, 2.45) is 0 Å². The summed E-state index contributed by atoms with van der Waals surface area (Å²) in [4.78, 5) is 23.8. The van der Waals surface area contributed by atoms with Crippen LogP contribution in [0, 0.1) is 0 Å². The number of alkyl halides is 3. The highest BCUT2D eigenvalue weighted by molar-refractivity contribution is 7.92. The maximum atomic E-state index is 13.6. The van der Waals surface area contributed by atoms with E-state index >= 15 is 0 Å². The van der Waals surface area contributed by atoms with E-state index in [0.717, 1.165) is 0 Å². The first kappa shape index (κ1) is 27.6. The third-order valence-corrected chi connectivity index (χ3v) is 6.15. The monoisotopic (exact) mass is 537 g/mol. The van der Waals surface area contributed by atoms with Gasteiger partial charge in [0, 0.05) is 41.8 Å². The van der Waals surface area contributed by atoms with Gasteiger partial charge < -0.3 is 16.0 Å². The molecule has 0 saturated carbocycles. The van der Waals surface area contributed by atoms with Crippen LogP contribution in [0.3, 0.4) is 0 Å². The standard InChI is InChI=1S/C23H26F3N7O3S/c1-4-37(35,36)33-19-16(6-5-11-27-19)12-28-20-18(23(24,25)26)13-29-22(32-20)31-17-9-7-15(8-10-17)21(34)30-14(2)3/h5-11,13-14H,4,12H2,1-3H3,(H,27,33)(H,30,34)(H2,28,29,31,32). The zero-order valence-electron chi connectivity index (χ0n) is 20.2. The molecule has 0 radical (unpaired) electrons. The van der Waals surface area contributed by atoms with E-state index in [2.05, 4.69) is 35.6 Å². The van der Waals surface area contributed by atoms with Crippen LogP contribution in [-0.2, 0) is 22.7 Å². The molecule has 0 unspecified atom stereocenters. The zero-order chi connectivity index (χ0) is 27.2. The predicted molar refractivity (Wildman–Crippen MR) is 134 cm³/mol. The summed E-state index contributed by atoms with van der Waals surface area (Å²) in [5, 5.41) is 8.18. The van der Waals surface area contributed by atoms with Gasteiger partial charge in [-0.25, -0.2) is 18.4 Å². The maximum Gasteiger partial charge on any atom is 0.421 e. The van der Waals surface area contributed by atoms with E-state index in [4.69, 9.17) is 0 Å². The van der Waals surface area contributed by atoms with E-state index < -0.39 is 27.6 Å². The van der Waals surface area contributed by atoms with E-state index in [1.54, 1.807) is 24.3 Å². The van der Waals surface area contributed by atoms with Crippen molar-refractivity contribution >= 4 is 39.2 Å². The molecular formula is C23H26F3N7O3S. The molecule has 0 fully saturated rings. The van der Waals surface area contributed by atoms with Crippen LogP contribution in [0.5, 0.6) is 0 Å². The van der Waals surface area contributed by atoms with E-state index in [1.165, 1.54) is 25.3 Å². The lowest BCUT2D eigenvalue weighted by Gasteiger charge is -2.16. The number of carbonyl (C=O) groups excluding carboxylic acids is 1. The number of hydrogen-bond acceptors (Lipinski definition) is 8. The minimum Gasteiger partial charge on any atom is -0.365 e. The van der Waals surface area contributed by atoms with Crippen molar-refractivity contribution in [3.05, 3.63) is 65.5 Å². The second-order valence-electron chi connectivity index (χ2n) is 8.15. The van der Waals surface area contributed by atoms with Gasteiger partial charge >= 0.3 is 6.18 Å². The van der Waals surface area contributed by atoms with Gasteiger partial charge in [0.25, 0.3) is 5.91 Å². The lowest BCUT2D eigenvalue weighted by Crippen LogP contribution is -2.29. The Morgan fingerprint density at radius 3 is 2.38 bits per heavy atom. The average Bonchev–Trinajstić information content (AvgIpc) is 2.83. The number of sulfonamides is 1. The normalized spacial score (nSPS) is 11.8. The number of rotatable bonds is 10. The van der Waals surface area contributed by atoms with Crippen molar-refractivity contribution in [3.8, 4) is 0 Å². The molecule has 10 nitrogen and oxygen atoms in total. The molecule has 2 heterocycles. The lowest BCUT2D eigenvalue weighted by molar-refractivity contribution is -0.137. The minimum absolute atomic E-state index is 0.000549. The Labute approximate surface area is 212 Å². The molecule has 0 aliphatic heterocycles. The second kappa shape index (κ2) is 11.4. The van der Waals surface area contributed by atoms with Crippen LogP contribution < -0.4 is 20.7 Å². The van der Waals surface area contributed by atoms with Gasteiger partial charge in [-0.15, -0.1) is 0 Å². The van der Waals surface area contributed by atoms with Crippen LogP contribution in [0.25, 0.3) is 0 Å². The predicted octanol–water partition coefficient (Wildman–Crippen LogP) is 4.15. The smallest absolute Gasteiger partial charge is 0.365 e. The fraction of sp³-hybridized carbons (Fsp3) is 0.304. The summed E-state index contributed by atoms with van der Waals surface area (Å²) < 4.78 is 67.0. The number of aromatic nitrogens is 3. The first-order chi connectivity index (χ1) is 17.4. The van der Waals surface area contributed by atoms with Gasteiger partial charge in [0.1, 0.15) is 17.2 Å². The molecule has 0 aliphatic carbocycles. The molecule has 0 saturated heterocycles. The van der Waals surface area contributed by atoms with E-state index in [-0.39, 0.29) is 36.0 Å². The second-order valence-corrected chi connectivity index (χ2v) is 10.2. The summed E-state index contributed by atoms with van der Waals surface area (Å²) in [6.45, 7) is 4.91. The molecule has 0 aliphatic rings. The number of nitrogens with zero attached hydrogens (tertiary/aromatic N) is 3. The highest BCUT2D eigenvalue weighted by atomic mass is 32.2. The van der Waals surface area contributed by atoms with Gasteiger partial charge in [0.15, 0.2) is 0 Å². The number of amides is 1. The highest BCUT2D eigenvalue weighted by Gasteiger charge is 2.35. The van der Waals surface area contributed by atoms with Crippen molar-refractivity contribution in [1.82, 2.24) is 20.3 Å².